The topological polar surface area (TPSA) is 81.8 Å². The molecule has 3 fully saturated rings. The van der Waals surface area contributed by atoms with Crippen LogP contribution in [-0.4, -0.2) is 64.9 Å². The Morgan fingerprint density at radius 1 is 1.24 bits per heavy atom. The highest BCUT2D eigenvalue weighted by molar-refractivity contribution is 6.09. The van der Waals surface area contributed by atoms with Crippen molar-refractivity contribution in [1.29, 1.82) is 0 Å². The molecule has 0 radical (unpaired) electrons. The van der Waals surface area contributed by atoms with Crippen molar-refractivity contribution >= 4 is 30.3 Å². The highest BCUT2D eigenvalue weighted by atomic mass is 35.5. The minimum absolute atomic E-state index is 0. The molecule has 3 rings (SSSR count). The summed E-state index contributed by atoms with van der Waals surface area (Å²) in [5.41, 5.74) is -0.794. The van der Waals surface area contributed by atoms with Crippen LogP contribution in [0.25, 0.3) is 0 Å². The SMILES string of the molecule is CC1NCCN(C(=O)CN2C(=O)NC3(CCCCC3C)C2=O)C1C.Cl. The summed E-state index contributed by atoms with van der Waals surface area (Å²) in [5.74, 6) is -0.260. The molecule has 25 heavy (non-hydrogen) atoms. The molecule has 4 amide bonds. The molecule has 2 saturated heterocycles. The van der Waals surface area contributed by atoms with E-state index < -0.39 is 11.6 Å². The van der Waals surface area contributed by atoms with Crippen LogP contribution in [0.15, 0.2) is 0 Å². The molecule has 0 aromatic carbocycles. The molecule has 142 valence electrons. The largest absolute Gasteiger partial charge is 0.336 e. The summed E-state index contributed by atoms with van der Waals surface area (Å²) in [6.07, 6.45) is 3.62. The second-order valence-electron chi connectivity index (χ2n) is 7.51. The Kier molecular flexibility index (Phi) is 5.99. The fourth-order valence-corrected chi connectivity index (χ4v) is 4.27. The van der Waals surface area contributed by atoms with Gasteiger partial charge in [0.05, 0.1) is 0 Å². The lowest BCUT2D eigenvalue weighted by atomic mass is 9.73. The van der Waals surface area contributed by atoms with Crippen molar-refractivity contribution in [1.82, 2.24) is 20.4 Å². The van der Waals surface area contributed by atoms with Crippen LogP contribution in [0, 0.1) is 5.92 Å². The van der Waals surface area contributed by atoms with Crippen molar-refractivity contribution in [2.75, 3.05) is 19.6 Å². The van der Waals surface area contributed by atoms with Gasteiger partial charge in [0.2, 0.25) is 5.91 Å². The molecule has 2 heterocycles. The van der Waals surface area contributed by atoms with E-state index in [-0.39, 0.29) is 48.8 Å². The van der Waals surface area contributed by atoms with Gasteiger partial charge in [-0.05, 0) is 32.6 Å². The first-order chi connectivity index (χ1) is 11.4. The van der Waals surface area contributed by atoms with Crippen molar-refractivity contribution < 1.29 is 14.4 Å². The Morgan fingerprint density at radius 2 is 1.96 bits per heavy atom. The zero-order valence-electron chi connectivity index (χ0n) is 15.2. The number of piperazine rings is 1. The Bertz CT molecular complexity index is 558. The van der Waals surface area contributed by atoms with Gasteiger partial charge in [0.1, 0.15) is 12.1 Å². The normalized spacial score (nSPS) is 35.6. The molecule has 2 N–H and O–H groups in total. The number of imide groups is 1. The van der Waals surface area contributed by atoms with Gasteiger partial charge in [-0.2, -0.15) is 0 Å². The van der Waals surface area contributed by atoms with Gasteiger partial charge in [-0.3, -0.25) is 14.5 Å². The maximum absolute atomic E-state index is 12.9. The van der Waals surface area contributed by atoms with Gasteiger partial charge in [-0.15, -0.1) is 12.4 Å². The maximum atomic E-state index is 12.9. The lowest BCUT2D eigenvalue weighted by molar-refractivity contribution is -0.142. The van der Waals surface area contributed by atoms with Crippen molar-refractivity contribution in [2.45, 2.75) is 64.1 Å². The first kappa shape index (κ1) is 20.0. The van der Waals surface area contributed by atoms with Crippen LogP contribution in [-0.2, 0) is 9.59 Å². The third-order valence-electron chi connectivity index (χ3n) is 6.15. The Hall–Kier alpha value is -1.34. The second-order valence-corrected chi connectivity index (χ2v) is 7.51. The molecule has 8 heteroatoms. The van der Waals surface area contributed by atoms with E-state index in [4.69, 9.17) is 0 Å². The number of halogens is 1. The van der Waals surface area contributed by atoms with Crippen molar-refractivity contribution in [3.63, 3.8) is 0 Å². The van der Waals surface area contributed by atoms with Crippen LogP contribution in [0.1, 0.15) is 46.5 Å². The van der Waals surface area contributed by atoms with E-state index in [9.17, 15) is 14.4 Å². The average Bonchev–Trinajstić information content (AvgIpc) is 2.78. The van der Waals surface area contributed by atoms with Crippen LogP contribution < -0.4 is 10.6 Å². The molecule has 0 aromatic heterocycles. The highest BCUT2D eigenvalue weighted by Crippen LogP contribution is 2.38. The molecule has 0 bridgehead atoms. The fraction of sp³-hybridized carbons (Fsp3) is 0.824. The number of carbonyl (C=O) groups excluding carboxylic acids is 3. The molecule has 4 atom stereocenters. The van der Waals surface area contributed by atoms with Crippen LogP contribution in [0.5, 0.6) is 0 Å². The number of nitrogens with one attached hydrogen (secondary N) is 2. The van der Waals surface area contributed by atoms with Crippen LogP contribution >= 0.6 is 12.4 Å². The summed E-state index contributed by atoms with van der Waals surface area (Å²) in [6.45, 7) is 7.23. The molecule has 3 aliphatic rings. The average molecular weight is 373 g/mol. The Morgan fingerprint density at radius 3 is 2.64 bits per heavy atom. The van der Waals surface area contributed by atoms with E-state index in [0.717, 1.165) is 30.7 Å². The minimum Gasteiger partial charge on any atom is -0.336 e. The summed E-state index contributed by atoms with van der Waals surface area (Å²) in [6, 6.07) is -0.164. The molecule has 7 nitrogen and oxygen atoms in total. The molecular weight excluding hydrogens is 344 g/mol. The quantitative estimate of drug-likeness (QED) is 0.712. The first-order valence-electron chi connectivity index (χ1n) is 9.04. The second kappa shape index (κ2) is 7.50. The van der Waals surface area contributed by atoms with E-state index in [0.29, 0.717) is 13.0 Å². The van der Waals surface area contributed by atoms with Gasteiger partial charge < -0.3 is 15.5 Å². The van der Waals surface area contributed by atoms with Gasteiger partial charge >= 0.3 is 6.03 Å². The maximum Gasteiger partial charge on any atom is 0.325 e. The standard InChI is InChI=1S/C17H28N4O3.ClH/c1-11-6-4-5-7-17(11)15(23)21(16(24)19-17)10-14(22)20-9-8-18-12(2)13(20)3;/h11-13,18H,4-10H2,1-3H3,(H,19,24);1H. The van der Waals surface area contributed by atoms with Crippen LogP contribution in [0.4, 0.5) is 4.79 Å². The third-order valence-corrected chi connectivity index (χ3v) is 6.15. The summed E-state index contributed by atoms with van der Waals surface area (Å²) >= 11 is 0. The monoisotopic (exact) mass is 372 g/mol. The van der Waals surface area contributed by atoms with Gasteiger partial charge in [0.15, 0.2) is 0 Å². The zero-order chi connectivity index (χ0) is 17.5. The van der Waals surface area contributed by atoms with Crippen molar-refractivity contribution in [2.24, 2.45) is 5.92 Å². The molecular formula is C17H29ClN4O3. The molecule has 1 saturated carbocycles. The van der Waals surface area contributed by atoms with E-state index in [1.165, 1.54) is 0 Å². The van der Waals surface area contributed by atoms with Crippen molar-refractivity contribution in [3.05, 3.63) is 0 Å². The lowest BCUT2D eigenvalue weighted by Crippen LogP contribution is -2.59. The zero-order valence-corrected chi connectivity index (χ0v) is 16.0. The van der Waals surface area contributed by atoms with Gasteiger partial charge in [-0.25, -0.2) is 4.79 Å². The number of amides is 4. The Balaban J connectivity index is 0.00000225. The molecule has 1 aliphatic carbocycles. The highest BCUT2D eigenvalue weighted by Gasteiger charge is 2.55. The van der Waals surface area contributed by atoms with E-state index >= 15 is 0 Å². The number of rotatable bonds is 2. The number of nitrogens with zero attached hydrogens (tertiary/aromatic N) is 2. The predicted molar refractivity (Wildman–Crippen MR) is 96.5 cm³/mol. The lowest BCUT2D eigenvalue weighted by Gasteiger charge is -2.39. The Labute approximate surface area is 155 Å². The summed E-state index contributed by atoms with van der Waals surface area (Å²) in [4.78, 5) is 40.9. The molecule has 0 aromatic rings. The number of carbonyl (C=O) groups is 3. The predicted octanol–water partition coefficient (Wildman–Crippen LogP) is 1.12. The summed E-state index contributed by atoms with van der Waals surface area (Å²) in [7, 11) is 0. The van der Waals surface area contributed by atoms with E-state index in [2.05, 4.69) is 10.6 Å². The summed E-state index contributed by atoms with van der Waals surface area (Å²) < 4.78 is 0. The van der Waals surface area contributed by atoms with Crippen LogP contribution in [0.2, 0.25) is 0 Å². The smallest absolute Gasteiger partial charge is 0.325 e. The van der Waals surface area contributed by atoms with E-state index in [1.54, 1.807) is 4.90 Å². The fourth-order valence-electron chi connectivity index (χ4n) is 4.27. The number of hydrogen-bond acceptors (Lipinski definition) is 4. The first-order valence-corrected chi connectivity index (χ1v) is 9.04. The minimum atomic E-state index is -0.794. The summed E-state index contributed by atoms with van der Waals surface area (Å²) in [5, 5.41) is 6.23. The van der Waals surface area contributed by atoms with Gasteiger partial charge in [-0.1, -0.05) is 19.8 Å². The molecule has 1 spiro atoms. The number of urea groups is 1. The van der Waals surface area contributed by atoms with Crippen LogP contribution in [0.3, 0.4) is 0 Å². The third kappa shape index (κ3) is 3.36. The van der Waals surface area contributed by atoms with Gasteiger partial charge in [0, 0.05) is 25.2 Å². The van der Waals surface area contributed by atoms with Gasteiger partial charge in [0.25, 0.3) is 5.91 Å². The van der Waals surface area contributed by atoms with Crippen molar-refractivity contribution in [3.8, 4) is 0 Å². The van der Waals surface area contributed by atoms with E-state index in [1.807, 2.05) is 20.8 Å². The molecule has 4 unspecified atom stereocenters. The molecule has 2 aliphatic heterocycles. The number of hydrogen-bond donors (Lipinski definition) is 2.